The Bertz CT molecular complexity index is 443. The number of aryl methyl sites for hydroxylation is 1. The second kappa shape index (κ2) is 6.02. The molecule has 0 aromatic carbocycles. The summed E-state index contributed by atoms with van der Waals surface area (Å²) in [6.45, 7) is 10.3. The molecule has 2 fully saturated rings. The number of aromatic nitrogens is 1. The van der Waals surface area contributed by atoms with Crippen molar-refractivity contribution in [2.24, 2.45) is 11.8 Å². The van der Waals surface area contributed by atoms with E-state index >= 15 is 0 Å². The number of hydrogen-bond donors (Lipinski definition) is 1. The van der Waals surface area contributed by atoms with Gasteiger partial charge in [0, 0.05) is 30.6 Å². The van der Waals surface area contributed by atoms with Crippen LogP contribution in [0.4, 0.5) is 5.13 Å². The maximum Gasteiger partial charge on any atom is 0.185 e. The zero-order valence-corrected chi connectivity index (χ0v) is 13.8. The van der Waals surface area contributed by atoms with Gasteiger partial charge in [0.1, 0.15) is 0 Å². The molecule has 0 bridgehead atoms. The minimum atomic E-state index is 0.779. The monoisotopic (exact) mass is 293 g/mol. The predicted octanol–water partition coefficient (Wildman–Crippen LogP) is 3.58. The average molecular weight is 293 g/mol. The SMILES string of the molecule is Cc1nc(N2CCC(C(C)C)CC2)sc1CNC1CC1. The van der Waals surface area contributed by atoms with Gasteiger partial charge in [-0.05, 0) is 44.4 Å². The van der Waals surface area contributed by atoms with Gasteiger partial charge in [0.25, 0.3) is 0 Å². The molecule has 1 aromatic rings. The van der Waals surface area contributed by atoms with E-state index in [1.807, 2.05) is 11.3 Å². The normalized spacial score (nSPS) is 20.9. The Kier molecular flexibility index (Phi) is 4.32. The zero-order valence-electron chi connectivity index (χ0n) is 13.0. The zero-order chi connectivity index (χ0) is 14.1. The highest BCUT2D eigenvalue weighted by molar-refractivity contribution is 7.15. The van der Waals surface area contributed by atoms with Crippen molar-refractivity contribution in [3.63, 3.8) is 0 Å². The first-order valence-electron chi connectivity index (χ1n) is 8.08. The summed E-state index contributed by atoms with van der Waals surface area (Å²) in [6.07, 6.45) is 5.36. The van der Waals surface area contributed by atoms with Crippen molar-refractivity contribution < 1.29 is 0 Å². The van der Waals surface area contributed by atoms with Gasteiger partial charge < -0.3 is 10.2 Å². The molecule has 0 spiro atoms. The molecule has 1 saturated heterocycles. The van der Waals surface area contributed by atoms with Gasteiger partial charge in [-0.2, -0.15) is 0 Å². The summed E-state index contributed by atoms with van der Waals surface area (Å²) in [5, 5.41) is 4.85. The average Bonchev–Trinajstić information content (AvgIpc) is 3.20. The predicted molar refractivity (Wildman–Crippen MR) is 86.5 cm³/mol. The minimum absolute atomic E-state index is 0.779. The maximum atomic E-state index is 4.81. The van der Waals surface area contributed by atoms with Crippen LogP contribution in [0.5, 0.6) is 0 Å². The molecule has 2 heterocycles. The summed E-state index contributed by atoms with van der Waals surface area (Å²) in [7, 11) is 0. The van der Waals surface area contributed by atoms with Crippen molar-refractivity contribution in [3.8, 4) is 0 Å². The fraction of sp³-hybridized carbons (Fsp3) is 0.812. The van der Waals surface area contributed by atoms with Crippen molar-refractivity contribution in [1.82, 2.24) is 10.3 Å². The first-order chi connectivity index (χ1) is 9.63. The summed E-state index contributed by atoms with van der Waals surface area (Å²) >= 11 is 1.90. The Morgan fingerprint density at radius 3 is 2.55 bits per heavy atom. The third-order valence-corrected chi connectivity index (χ3v) is 5.98. The van der Waals surface area contributed by atoms with Crippen LogP contribution >= 0.6 is 11.3 Å². The third-order valence-electron chi connectivity index (χ3n) is 4.76. The van der Waals surface area contributed by atoms with Gasteiger partial charge in [0.15, 0.2) is 5.13 Å². The highest BCUT2D eigenvalue weighted by Gasteiger charge is 2.25. The fourth-order valence-electron chi connectivity index (χ4n) is 2.99. The number of anilines is 1. The van der Waals surface area contributed by atoms with Gasteiger partial charge in [-0.3, -0.25) is 0 Å². The summed E-state index contributed by atoms with van der Waals surface area (Å²) in [5.74, 6) is 1.73. The number of piperidine rings is 1. The van der Waals surface area contributed by atoms with Crippen LogP contribution in [0.25, 0.3) is 0 Å². The number of nitrogens with one attached hydrogen (secondary N) is 1. The Morgan fingerprint density at radius 1 is 1.25 bits per heavy atom. The second-order valence-electron chi connectivity index (χ2n) is 6.73. The van der Waals surface area contributed by atoms with Crippen LogP contribution in [-0.4, -0.2) is 24.1 Å². The molecule has 3 rings (SSSR count). The molecule has 0 amide bonds. The van der Waals surface area contributed by atoms with Crippen LogP contribution in [0.1, 0.15) is 50.1 Å². The lowest BCUT2D eigenvalue weighted by Gasteiger charge is -2.33. The number of thiazole rings is 1. The lowest BCUT2D eigenvalue weighted by atomic mass is 9.87. The van der Waals surface area contributed by atoms with E-state index in [1.54, 1.807) is 0 Å². The molecular weight excluding hydrogens is 266 g/mol. The lowest BCUT2D eigenvalue weighted by Crippen LogP contribution is -2.35. The molecule has 3 nitrogen and oxygen atoms in total. The van der Waals surface area contributed by atoms with Crippen molar-refractivity contribution in [2.75, 3.05) is 18.0 Å². The van der Waals surface area contributed by atoms with Crippen LogP contribution < -0.4 is 10.2 Å². The van der Waals surface area contributed by atoms with Crippen molar-refractivity contribution >= 4 is 16.5 Å². The van der Waals surface area contributed by atoms with Crippen LogP contribution in [0, 0.1) is 18.8 Å². The van der Waals surface area contributed by atoms with E-state index in [-0.39, 0.29) is 0 Å². The largest absolute Gasteiger partial charge is 0.348 e. The van der Waals surface area contributed by atoms with Gasteiger partial charge >= 0.3 is 0 Å². The fourth-order valence-corrected chi connectivity index (χ4v) is 4.06. The van der Waals surface area contributed by atoms with Gasteiger partial charge in [-0.15, -0.1) is 11.3 Å². The lowest BCUT2D eigenvalue weighted by molar-refractivity contribution is 0.311. The topological polar surface area (TPSA) is 28.2 Å². The number of nitrogens with zero attached hydrogens (tertiary/aromatic N) is 2. The first-order valence-corrected chi connectivity index (χ1v) is 8.89. The maximum absolute atomic E-state index is 4.81. The standard InChI is InChI=1S/C16H27N3S/c1-11(2)13-6-8-19(9-7-13)16-18-12(3)15(20-16)10-17-14-4-5-14/h11,13-14,17H,4-10H2,1-3H3. The van der Waals surface area contributed by atoms with Gasteiger partial charge in [-0.1, -0.05) is 13.8 Å². The summed E-state index contributed by atoms with van der Waals surface area (Å²) in [5.41, 5.74) is 1.23. The smallest absolute Gasteiger partial charge is 0.185 e. The van der Waals surface area contributed by atoms with Crippen LogP contribution in [0.3, 0.4) is 0 Å². The van der Waals surface area contributed by atoms with Crippen molar-refractivity contribution in [2.45, 2.75) is 59.0 Å². The molecule has 2 aliphatic rings. The van der Waals surface area contributed by atoms with Gasteiger partial charge in [-0.25, -0.2) is 4.98 Å². The van der Waals surface area contributed by atoms with Gasteiger partial charge in [0.2, 0.25) is 0 Å². The molecule has 112 valence electrons. The van der Waals surface area contributed by atoms with Crippen LogP contribution in [-0.2, 0) is 6.54 Å². The Labute approximate surface area is 126 Å². The summed E-state index contributed by atoms with van der Waals surface area (Å²) < 4.78 is 0. The van der Waals surface area contributed by atoms with Crippen molar-refractivity contribution in [1.29, 1.82) is 0 Å². The highest BCUT2D eigenvalue weighted by atomic mass is 32.1. The number of rotatable bonds is 5. The molecule has 4 heteroatoms. The molecule has 1 N–H and O–H groups in total. The molecule has 1 saturated carbocycles. The van der Waals surface area contributed by atoms with E-state index in [9.17, 15) is 0 Å². The van der Waals surface area contributed by atoms with E-state index in [0.717, 1.165) is 24.4 Å². The quantitative estimate of drug-likeness (QED) is 0.899. The first kappa shape index (κ1) is 14.3. The molecule has 0 unspecified atom stereocenters. The van der Waals surface area contributed by atoms with E-state index in [2.05, 4.69) is 31.0 Å². The van der Waals surface area contributed by atoms with E-state index in [0.29, 0.717) is 0 Å². The molecular formula is C16H27N3S. The summed E-state index contributed by atoms with van der Waals surface area (Å²) in [4.78, 5) is 8.73. The molecule has 0 radical (unpaired) electrons. The van der Waals surface area contributed by atoms with Gasteiger partial charge in [0.05, 0.1) is 5.69 Å². The Balaban J connectivity index is 1.58. The molecule has 1 aliphatic heterocycles. The molecule has 1 aliphatic carbocycles. The molecule has 0 atom stereocenters. The molecule has 20 heavy (non-hydrogen) atoms. The Morgan fingerprint density at radius 2 is 1.95 bits per heavy atom. The van der Waals surface area contributed by atoms with E-state index in [1.165, 1.54) is 54.5 Å². The van der Waals surface area contributed by atoms with Crippen LogP contribution in [0.15, 0.2) is 0 Å². The number of hydrogen-bond acceptors (Lipinski definition) is 4. The Hall–Kier alpha value is -0.610. The van der Waals surface area contributed by atoms with Crippen LogP contribution in [0.2, 0.25) is 0 Å². The molecule has 1 aromatic heterocycles. The second-order valence-corrected chi connectivity index (χ2v) is 7.79. The summed E-state index contributed by atoms with van der Waals surface area (Å²) in [6, 6.07) is 0.779. The van der Waals surface area contributed by atoms with E-state index in [4.69, 9.17) is 4.98 Å². The highest BCUT2D eigenvalue weighted by Crippen LogP contribution is 2.32. The van der Waals surface area contributed by atoms with E-state index < -0.39 is 0 Å². The van der Waals surface area contributed by atoms with Crippen molar-refractivity contribution in [3.05, 3.63) is 10.6 Å². The minimum Gasteiger partial charge on any atom is -0.348 e. The third kappa shape index (κ3) is 3.34.